The van der Waals surface area contributed by atoms with E-state index in [0.717, 1.165) is 10.5 Å². The van der Waals surface area contributed by atoms with Gasteiger partial charge in [0.05, 0.1) is 0 Å². The number of aryl methyl sites for hydroxylation is 3. The van der Waals surface area contributed by atoms with Gasteiger partial charge in [0.2, 0.25) is 0 Å². The summed E-state index contributed by atoms with van der Waals surface area (Å²) in [4.78, 5) is 6.37. The first-order chi connectivity index (χ1) is 10.5. The molecule has 4 aromatic rings. The Morgan fingerprint density at radius 3 is 1.91 bits per heavy atom. The summed E-state index contributed by atoms with van der Waals surface area (Å²) in [5.74, 6) is 0. The van der Waals surface area contributed by atoms with E-state index in [1.807, 2.05) is 30.6 Å². The molecule has 22 heavy (non-hydrogen) atoms. The number of hydrogen-bond donors (Lipinski definition) is 2. The summed E-state index contributed by atoms with van der Waals surface area (Å²) in [5.41, 5.74) is 6.26. The van der Waals surface area contributed by atoms with E-state index in [-0.39, 0.29) is 0 Å². The third-order valence-corrected chi connectivity index (χ3v) is 4.13. The molecule has 0 radical (unpaired) electrons. The molecule has 0 aliphatic carbocycles. The van der Waals surface area contributed by atoms with Crippen LogP contribution in [0.5, 0.6) is 0 Å². The van der Waals surface area contributed by atoms with Crippen LogP contribution in [0.2, 0.25) is 5.02 Å². The molecule has 0 amide bonds. The van der Waals surface area contributed by atoms with E-state index < -0.39 is 0 Å². The van der Waals surface area contributed by atoms with E-state index >= 15 is 0 Å². The van der Waals surface area contributed by atoms with Crippen molar-refractivity contribution in [3.05, 3.63) is 70.5 Å². The normalized spacial score (nSPS) is 10.7. The third-order valence-electron chi connectivity index (χ3n) is 3.89. The van der Waals surface area contributed by atoms with Crippen molar-refractivity contribution in [1.29, 1.82) is 0 Å². The molecule has 0 bridgehead atoms. The minimum absolute atomic E-state index is 0.792. The first-order valence-corrected chi connectivity index (χ1v) is 7.70. The molecule has 2 aromatic carbocycles. The van der Waals surface area contributed by atoms with E-state index in [9.17, 15) is 0 Å². The van der Waals surface area contributed by atoms with Crippen molar-refractivity contribution in [2.45, 2.75) is 20.8 Å². The second-order valence-corrected chi connectivity index (χ2v) is 6.12. The van der Waals surface area contributed by atoms with Crippen LogP contribution in [0.1, 0.15) is 16.7 Å². The van der Waals surface area contributed by atoms with E-state index in [1.165, 1.54) is 33.0 Å². The summed E-state index contributed by atoms with van der Waals surface area (Å²) in [6, 6.07) is 12.3. The van der Waals surface area contributed by atoms with Crippen LogP contribution in [0.3, 0.4) is 0 Å². The average Bonchev–Trinajstić information content (AvgIpc) is 3.04. The first-order valence-electron chi connectivity index (χ1n) is 7.32. The Bertz CT molecular complexity index is 853. The van der Waals surface area contributed by atoms with Gasteiger partial charge in [-0.3, -0.25) is 0 Å². The maximum atomic E-state index is 5.83. The molecule has 0 unspecified atom stereocenters. The predicted molar refractivity (Wildman–Crippen MR) is 95.8 cm³/mol. The number of aromatic amines is 2. The number of benzene rings is 2. The lowest BCUT2D eigenvalue weighted by Gasteiger charge is -1.92. The number of aromatic nitrogens is 2. The van der Waals surface area contributed by atoms with Gasteiger partial charge in [-0.2, -0.15) is 0 Å². The van der Waals surface area contributed by atoms with Gasteiger partial charge in [0.1, 0.15) is 0 Å². The molecule has 4 rings (SSSR count). The van der Waals surface area contributed by atoms with Crippen molar-refractivity contribution in [3.8, 4) is 0 Å². The van der Waals surface area contributed by atoms with Crippen molar-refractivity contribution in [3.63, 3.8) is 0 Å². The van der Waals surface area contributed by atoms with Gasteiger partial charge in [0.15, 0.2) is 0 Å². The Labute approximate surface area is 135 Å². The van der Waals surface area contributed by atoms with Crippen LogP contribution in [-0.2, 0) is 0 Å². The maximum Gasteiger partial charge on any atom is 0.0457 e. The highest BCUT2D eigenvalue weighted by atomic mass is 35.5. The molecule has 0 aliphatic heterocycles. The van der Waals surface area contributed by atoms with Gasteiger partial charge in [0.25, 0.3) is 0 Å². The summed E-state index contributed by atoms with van der Waals surface area (Å²) in [6.07, 6.45) is 4.03. The fourth-order valence-corrected chi connectivity index (χ4v) is 2.78. The monoisotopic (exact) mass is 310 g/mol. The summed E-state index contributed by atoms with van der Waals surface area (Å²) < 4.78 is 0. The second kappa shape index (κ2) is 5.90. The molecular weight excluding hydrogens is 292 g/mol. The van der Waals surface area contributed by atoms with E-state index in [0.29, 0.717) is 0 Å². The van der Waals surface area contributed by atoms with Crippen LogP contribution in [0.25, 0.3) is 21.8 Å². The van der Waals surface area contributed by atoms with Crippen molar-refractivity contribution in [2.75, 3.05) is 0 Å². The summed E-state index contributed by atoms with van der Waals surface area (Å²) in [6.45, 7) is 6.30. The van der Waals surface area contributed by atoms with Crippen LogP contribution in [0.15, 0.2) is 48.8 Å². The SMILES string of the molecule is Cc1c[nH]c2ccc(Cl)cc12.Cc1ccc2[nH]cc(C)c2c1. The number of nitrogens with one attached hydrogen (secondary N) is 2. The highest BCUT2D eigenvalue weighted by molar-refractivity contribution is 6.31. The molecule has 2 nitrogen and oxygen atoms in total. The molecule has 0 fully saturated rings. The number of hydrogen-bond acceptors (Lipinski definition) is 0. The zero-order chi connectivity index (χ0) is 15.7. The third kappa shape index (κ3) is 2.88. The van der Waals surface area contributed by atoms with Crippen LogP contribution in [0.4, 0.5) is 0 Å². The fourth-order valence-electron chi connectivity index (χ4n) is 2.61. The van der Waals surface area contributed by atoms with Crippen LogP contribution in [0, 0.1) is 20.8 Å². The van der Waals surface area contributed by atoms with Crippen molar-refractivity contribution in [1.82, 2.24) is 9.97 Å². The minimum atomic E-state index is 0.792. The predicted octanol–water partition coefficient (Wildman–Crippen LogP) is 5.91. The van der Waals surface area contributed by atoms with Crippen molar-refractivity contribution >= 4 is 33.4 Å². The smallest absolute Gasteiger partial charge is 0.0457 e. The lowest BCUT2D eigenvalue weighted by atomic mass is 10.1. The van der Waals surface area contributed by atoms with Gasteiger partial charge in [0, 0.05) is 39.2 Å². The molecule has 2 aromatic heterocycles. The summed E-state index contributed by atoms with van der Waals surface area (Å²) >= 11 is 5.83. The molecule has 3 heteroatoms. The second-order valence-electron chi connectivity index (χ2n) is 5.68. The Morgan fingerprint density at radius 1 is 0.727 bits per heavy atom. The number of fused-ring (bicyclic) bond motifs is 2. The summed E-state index contributed by atoms with van der Waals surface area (Å²) in [5, 5.41) is 3.34. The lowest BCUT2D eigenvalue weighted by Crippen LogP contribution is -1.72. The average molecular weight is 311 g/mol. The highest BCUT2D eigenvalue weighted by Crippen LogP contribution is 2.21. The van der Waals surface area contributed by atoms with Gasteiger partial charge in [-0.05, 0) is 62.2 Å². The Kier molecular flexibility index (Phi) is 3.95. The van der Waals surface area contributed by atoms with Gasteiger partial charge in [-0.25, -0.2) is 0 Å². The minimum Gasteiger partial charge on any atom is -0.361 e. The molecule has 0 atom stereocenters. The standard InChI is InChI=1S/C10H11N.C9H8ClN/c1-7-3-4-10-9(5-7)8(2)6-11-10;1-6-5-11-9-3-2-7(10)4-8(6)9/h3-6,11H,1-2H3;2-5,11H,1H3. The van der Waals surface area contributed by atoms with Crippen LogP contribution >= 0.6 is 11.6 Å². The topological polar surface area (TPSA) is 31.6 Å². The molecule has 0 spiro atoms. The molecule has 112 valence electrons. The fraction of sp³-hybridized carbons (Fsp3) is 0.158. The van der Waals surface area contributed by atoms with Crippen molar-refractivity contribution in [2.24, 2.45) is 0 Å². The molecule has 0 aliphatic rings. The number of rotatable bonds is 0. The zero-order valence-corrected chi connectivity index (χ0v) is 13.8. The summed E-state index contributed by atoms with van der Waals surface area (Å²) in [7, 11) is 0. The lowest BCUT2D eigenvalue weighted by molar-refractivity contribution is 1.42. The molecule has 0 saturated heterocycles. The van der Waals surface area contributed by atoms with E-state index in [1.54, 1.807) is 0 Å². The Hall–Kier alpha value is -2.19. The quantitative estimate of drug-likeness (QED) is 0.404. The maximum absolute atomic E-state index is 5.83. The molecule has 2 heterocycles. The van der Waals surface area contributed by atoms with E-state index in [4.69, 9.17) is 11.6 Å². The van der Waals surface area contributed by atoms with E-state index in [2.05, 4.69) is 48.9 Å². The van der Waals surface area contributed by atoms with Gasteiger partial charge in [-0.15, -0.1) is 0 Å². The Balaban J connectivity index is 0.000000131. The number of halogens is 1. The molecular formula is C19H19ClN2. The molecule has 0 saturated carbocycles. The van der Waals surface area contributed by atoms with Crippen LogP contribution < -0.4 is 0 Å². The highest BCUT2D eigenvalue weighted by Gasteiger charge is 1.98. The Morgan fingerprint density at radius 2 is 1.27 bits per heavy atom. The van der Waals surface area contributed by atoms with Gasteiger partial charge in [-0.1, -0.05) is 23.2 Å². The zero-order valence-electron chi connectivity index (χ0n) is 13.0. The van der Waals surface area contributed by atoms with Gasteiger partial charge < -0.3 is 9.97 Å². The largest absolute Gasteiger partial charge is 0.361 e. The number of H-pyrrole nitrogens is 2. The van der Waals surface area contributed by atoms with Gasteiger partial charge >= 0.3 is 0 Å². The van der Waals surface area contributed by atoms with Crippen molar-refractivity contribution < 1.29 is 0 Å². The van der Waals surface area contributed by atoms with Crippen LogP contribution in [-0.4, -0.2) is 9.97 Å². The molecule has 2 N–H and O–H groups in total. The first kappa shape index (κ1) is 14.7.